The largest absolute Gasteiger partial charge is 0.313 e. The van der Waals surface area contributed by atoms with E-state index in [0.717, 1.165) is 11.5 Å². The molecule has 2 rings (SSSR count). The molecule has 5 heteroatoms. The number of aromatic nitrogens is 4. The first-order valence-corrected chi connectivity index (χ1v) is 6.06. The van der Waals surface area contributed by atoms with Crippen molar-refractivity contribution < 1.29 is 0 Å². The molecule has 2 aromatic rings. The Morgan fingerprint density at radius 3 is 2.61 bits per heavy atom. The lowest BCUT2D eigenvalue weighted by atomic mass is 9.86. The van der Waals surface area contributed by atoms with Gasteiger partial charge in [0.25, 0.3) is 0 Å². The number of nitrogens with one attached hydrogen (secondary N) is 1. The predicted molar refractivity (Wildman–Crippen MR) is 70.6 cm³/mol. The summed E-state index contributed by atoms with van der Waals surface area (Å²) >= 11 is 0. The standard InChI is InChI=1S/C13H19N5/c1-13(2,3)10-7-5-6-8-11(10)18-12(9-14-4)15-16-17-18/h5-8,14H,9H2,1-4H3. The quantitative estimate of drug-likeness (QED) is 0.894. The molecule has 0 aliphatic carbocycles. The zero-order chi connectivity index (χ0) is 13.2. The maximum atomic E-state index is 4.09. The van der Waals surface area contributed by atoms with Crippen LogP contribution in [0.2, 0.25) is 0 Å². The zero-order valence-corrected chi connectivity index (χ0v) is 11.3. The average Bonchev–Trinajstić information content (AvgIpc) is 2.77. The maximum Gasteiger partial charge on any atom is 0.170 e. The highest BCUT2D eigenvalue weighted by Crippen LogP contribution is 2.28. The van der Waals surface area contributed by atoms with Crippen LogP contribution in [0, 0.1) is 0 Å². The fraction of sp³-hybridized carbons (Fsp3) is 0.462. The molecule has 0 fully saturated rings. The number of para-hydroxylation sites is 1. The number of hydrogen-bond acceptors (Lipinski definition) is 4. The van der Waals surface area contributed by atoms with Crippen LogP contribution in [0.5, 0.6) is 0 Å². The van der Waals surface area contributed by atoms with Gasteiger partial charge in [-0.15, -0.1) is 5.10 Å². The van der Waals surface area contributed by atoms with Crippen LogP contribution < -0.4 is 5.32 Å². The van der Waals surface area contributed by atoms with Crippen molar-refractivity contribution in [2.45, 2.75) is 32.7 Å². The Kier molecular flexibility index (Phi) is 3.43. The molecule has 0 radical (unpaired) electrons. The first-order valence-electron chi connectivity index (χ1n) is 6.06. The molecule has 1 aromatic heterocycles. The smallest absolute Gasteiger partial charge is 0.170 e. The summed E-state index contributed by atoms with van der Waals surface area (Å²) in [6.45, 7) is 7.21. The maximum absolute atomic E-state index is 4.09. The summed E-state index contributed by atoms with van der Waals surface area (Å²) in [5.41, 5.74) is 2.33. The Hall–Kier alpha value is -1.75. The Balaban J connectivity index is 2.54. The summed E-state index contributed by atoms with van der Waals surface area (Å²) in [5.74, 6) is 0.814. The van der Waals surface area contributed by atoms with Crippen LogP contribution >= 0.6 is 0 Å². The summed E-state index contributed by atoms with van der Waals surface area (Å²) in [7, 11) is 1.88. The van der Waals surface area contributed by atoms with Crippen molar-refractivity contribution in [1.29, 1.82) is 0 Å². The number of tetrazole rings is 1. The molecule has 18 heavy (non-hydrogen) atoms. The summed E-state index contributed by atoms with van der Waals surface area (Å²) in [6, 6.07) is 8.23. The topological polar surface area (TPSA) is 55.6 Å². The van der Waals surface area contributed by atoms with Crippen LogP contribution in [0.25, 0.3) is 5.69 Å². The molecule has 0 amide bonds. The minimum atomic E-state index is 0.0550. The Labute approximate surface area is 107 Å². The minimum Gasteiger partial charge on any atom is -0.313 e. The van der Waals surface area contributed by atoms with E-state index in [1.54, 1.807) is 4.68 Å². The molecule has 0 unspecified atom stereocenters. The Morgan fingerprint density at radius 1 is 1.22 bits per heavy atom. The van der Waals surface area contributed by atoms with Crippen molar-refractivity contribution in [1.82, 2.24) is 25.5 Å². The van der Waals surface area contributed by atoms with Gasteiger partial charge >= 0.3 is 0 Å². The van der Waals surface area contributed by atoms with Gasteiger partial charge in [-0.05, 0) is 34.5 Å². The van der Waals surface area contributed by atoms with Crippen molar-refractivity contribution >= 4 is 0 Å². The van der Waals surface area contributed by atoms with Crippen LogP contribution in [0.15, 0.2) is 24.3 Å². The highest BCUT2D eigenvalue weighted by atomic mass is 15.5. The van der Waals surface area contributed by atoms with Gasteiger partial charge in [0.15, 0.2) is 5.82 Å². The lowest BCUT2D eigenvalue weighted by Crippen LogP contribution is -2.18. The van der Waals surface area contributed by atoms with E-state index in [1.807, 2.05) is 19.2 Å². The fourth-order valence-corrected chi connectivity index (χ4v) is 1.95. The molecule has 1 heterocycles. The second kappa shape index (κ2) is 4.86. The van der Waals surface area contributed by atoms with Gasteiger partial charge in [0.1, 0.15) is 0 Å². The van der Waals surface area contributed by atoms with Gasteiger partial charge in [0, 0.05) is 0 Å². The second-order valence-electron chi connectivity index (χ2n) is 5.30. The van der Waals surface area contributed by atoms with Gasteiger partial charge in [-0.25, -0.2) is 0 Å². The van der Waals surface area contributed by atoms with E-state index in [9.17, 15) is 0 Å². The van der Waals surface area contributed by atoms with Crippen molar-refractivity contribution in [3.8, 4) is 5.69 Å². The van der Waals surface area contributed by atoms with Gasteiger partial charge in [0.2, 0.25) is 0 Å². The molecular weight excluding hydrogens is 226 g/mol. The molecule has 0 atom stereocenters. The van der Waals surface area contributed by atoms with Crippen LogP contribution in [-0.4, -0.2) is 27.3 Å². The molecule has 1 N–H and O–H groups in total. The molecular formula is C13H19N5. The summed E-state index contributed by atoms with van der Waals surface area (Å²) < 4.78 is 1.80. The number of nitrogens with zero attached hydrogens (tertiary/aromatic N) is 4. The molecule has 0 saturated carbocycles. The third-order valence-electron chi connectivity index (χ3n) is 2.81. The van der Waals surface area contributed by atoms with Crippen LogP contribution in [0.4, 0.5) is 0 Å². The SMILES string of the molecule is CNCc1nnnn1-c1ccccc1C(C)(C)C. The molecule has 0 aliphatic heterocycles. The molecule has 0 saturated heterocycles. The van der Waals surface area contributed by atoms with E-state index in [2.05, 4.69) is 53.7 Å². The van der Waals surface area contributed by atoms with E-state index < -0.39 is 0 Å². The van der Waals surface area contributed by atoms with E-state index in [-0.39, 0.29) is 5.41 Å². The molecule has 96 valence electrons. The molecule has 5 nitrogen and oxygen atoms in total. The number of rotatable bonds is 3. The number of benzene rings is 1. The van der Waals surface area contributed by atoms with Crippen molar-refractivity contribution in [3.63, 3.8) is 0 Å². The van der Waals surface area contributed by atoms with Gasteiger partial charge < -0.3 is 5.32 Å². The molecule has 0 aliphatic rings. The Bertz CT molecular complexity index is 524. The van der Waals surface area contributed by atoms with E-state index in [4.69, 9.17) is 0 Å². The molecule has 1 aromatic carbocycles. The van der Waals surface area contributed by atoms with E-state index in [0.29, 0.717) is 6.54 Å². The van der Waals surface area contributed by atoms with Crippen LogP contribution in [-0.2, 0) is 12.0 Å². The monoisotopic (exact) mass is 245 g/mol. The number of hydrogen-bond donors (Lipinski definition) is 1. The van der Waals surface area contributed by atoms with Gasteiger partial charge in [-0.1, -0.05) is 39.0 Å². The lowest BCUT2D eigenvalue weighted by Gasteiger charge is -2.22. The normalized spacial score (nSPS) is 11.8. The Morgan fingerprint density at radius 2 is 1.94 bits per heavy atom. The second-order valence-corrected chi connectivity index (χ2v) is 5.30. The highest BCUT2D eigenvalue weighted by molar-refractivity contribution is 5.44. The first-order chi connectivity index (χ1) is 8.54. The van der Waals surface area contributed by atoms with Gasteiger partial charge in [-0.2, -0.15) is 4.68 Å². The fourth-order valence-electron chi connectivity index (χ4n) is 1.95. The van der Waals surface area contributed by atoms with E-state index >= 15 is 0 Å². The third kappa shape index (κ3) is 2.41. The van der Waals surface area contributed by atoms with Crippen molar-refractivity contribution in [2.24, 2.45) is 0 Å². The summed E-state index contributed by atoms with van der Waals surface area (Å²) in [5, 5.41) is 15.0. The van der Waals surface area contributed by atoms with Crippen LogP contribution in [0.1, 0.15) is 32.2 Å². The lowest BCUT2D eigenvalue weighted by molar-refractivity contribution is 0.578. The predicted octanol–water partition coefficient (Wildman–Crippen LogP) is 1.68. The highest BCUT2D eigenvalue weighted by Gasteiger charge is 2.20. The van der Waals surface area contributed by atoms with Gasteiger partial charge in [-0.3, -0.25) is 0 Å². The van der Waals surface area contributed by atoms with Gasteiger partial charge in [0.05, 0.1) is 12.2 Å². The van der Waals surface area contributed by atoms with Crippen molar-refractivity contribution in [2.75, 3.05) is 7.05 Å². The van der Waals surface area contributed by atoms with E-state index in [1.165, 1.54) is 5.56 Å². The molecule has 0 spiro atoms. The zero-order valence-electron chi connectivity index (χ0n) is 11.3. The average molecular weight is 245 g/mol. The van der Waals surface area contributed by atoms with Crippen LogP contribution in [0.3, 0.4) is 0 Å². The first kappa shape index (κ1) is 12.7. The minimum absolute atomic E-state index is 0.0550. The van der Waals surface area contributed by atoms with Crippen molar-refractivity contribution in [3.05, 3.63) is 35.7 Å². The summed E-state index contributed by atoms with van der Waals surface area (Å²) in [6.07, 6.45) is 0. The summed E-state index contributed by atoms with van der Waals surface area (Å²) in [4.78, 5) is 0. The molecule has 0 bridgehead atoms. The third-order valence-corrected chi connectivity index (χ3v) is 2.81.